The molecule has 1 heterocycles. The summed E-state index contributed by atoms with van der Waals surface area (Å²) in [6, 6.07) is 12.1. The zero-order chi connectivity index (χ0) is 21.7. The molecule has 2 aromatic carbocycles. The minimum absolute atomic E-state index is 0.0592. The Bertz CT molecular complexity index is 1020. The van der Waals surface area contributed by atoms with Crippen molar-refractivity contribution in [2.45, 2.75) is 26.2 Å². The SMILES string of the molecule is CCCN(CCc1ccc([N+](=O)[O-])cc1)C(=O)C1=Cc2ccc(Br)cc2N=C(N)C1. The van der Waals surface area contributed by atoms with Crippen molar-refractivity contribution in [3.8, 4) is 0 Å². The maximum absolute atomic E-state index is 13.3. The van der Waals surface area contributed by atoms with Crippen molar-refractivity contribution in [2.75, 3.05) is 13.1 Å². The first-order valence-corrected chi connectivity index (χ1v) is 10.5. The number of hydrogen-bond donors (Lipinski definition) is 1. The molecule has 2 N–H and O–H groups in total. The number of nitro groups is 1. The molecule has 0 aliphatic carbocycles. The van der Waals surface area contributed by atoms with E-state index >= 15 is 0 Å². The van der Waals surface area contributed by atoms with E-state index in [-0.39, 0.29) is 11.6 Å². The van der Waals surface area contributed by atoms with Crippen LogP contribution in [0.1, 0.15) is 30.9 Å². The van der Waals surface area contributed by atoms with Crippen LogP contribution in [0.3, 0.4) is 0 Å². The first-order chi connectivity index (χ1) is 14.4. The predicted octanol–water partition coefficient (Wildman–Crippen LogP) is 4.61. The van der Waals surface area contributed by atoms with E-state index in [9.17, 15) is 14.9 Å². The lowest BCUT2D eigenvalue weighted by atomic mass is 10.1. The summed E-state index contributed by atoms with van der Waals surface area (Å²) in [7, 11) is 0. The average molecular weight is 471 g/mol. The monoisotopic (exact) mass is 470 g/mol. The van der Waals surface area contributed by atoms with Gasteiger partial charge in [0.15, 0.2) is 0 Å². The topological polar surface area (TPSA) is 102 Å². The van der Waals surface area contributed by atoms with Crippen molar-refractivity contribution in [1.29, 1.82) is 0 Å². The first-order valence-electron chi connectivity index (χ1n) is 9.73. The smallest absolute Gasteiger partial charge is 0.269 e. The molecule has 0 atom stereocenters. The van der Waals surface area contributed by atoms with Gasteiger partial charge in [-0.1, -0.05) is 41.1 Å². The minimum atomic E-state index is -0.419. The first kappa shape index (κ1) is 21.7. The maximum atomic E-state index is 13.3. The molecule has 3 rings (SSSR count). The van der Waals surface area contributed by atoms with E-state index in [1.54, 1.807) is 12.1 Å². The van der Waals surface area contributed by atoms with Crippen LogP contribution in [-0.4, -0.2) is 34.7 Å². The zero-order valence-corrected chi connectivity index (χ0v) is 18.3. The maximum Gasteiger partial charge on any atom is 0.269 e. The van der Waals surface area contributed by atoms with Crippen molar-refractivity contribution >= 4 is 45.1 Å². The lowest BCUT2D eigenvalue weighted by molar-refractivity contribution is -0.384. The number of hydrogen-bond acceptors (Lipinski definition) is 5. The molecular weight excluding hydrogens is 448 g/mol. The van der Waals surface area contributed by atoms with Crippen LogP contribution in [0.4, 0.5) is 11.4 Å². The second-order valence-electron chi connectivity index (χ2n) is 7.12. The summed E-state index contributed by atoms with van der Waals surface area (Å²) < 4.78 is 0.900. The van der Waals surface area contributed by atoms with Crippen molar-refractivity contribution in [3.05, 3.63) is 73.8 Å². The van der Waals surface area contributed by atoms with Crippen LogP contribution in [0, 0.1) is 10.1 Å². The molecule has 0 fully saturated rings. The van der Waals surface area contributed by atoms with Gasteiger partial charge in [-0.15, -0.1) is 0 Å². The third-order valence-electron chi connectivity index (χ3n) is 4.83. The molecule has 8 heteroatoms. The van der Waals surface area contributed by atoms with Crippen molar-refractivity contribution < 1.29 is 9.72 Å². The Morgan fingerprint density at radius 3 is 2.63 bits per heavy atom. The number of fused-ring (bicyclic) bond motifs is 1. The number of carbonyl (C=O) groups is 1. The van der Waals surface area contributed by atoms with Gasteiger partial charge in [-0.2, -0.15) is 0 Å². The molecule has 0 bridgehead atoms. The number of rotatable bonds is 7. The molecule has 1 aliphatic heterocycles. The Kier molecular flexibility index (Phi) is 6.99. The molecule has 1 aliphatic rings. The highest BCUT2D eigenvalue weighted by atomic mass is 79.9. The second-order valence-corrected chi connectivity index (χ2v) is 8.03. The molecule has 0 radical (unpaired) electrons. The third kappa shape index (κ3) is 5.33. The largest absolute Gasteiger partial charge is 0.387 e. The van der Waals surface area contributed by atoms with Crippen LogP contribution in [-0.2, 0) is 11.2 Å². The quantitative estimate of drug-likeness (QED) is 0.471. The van der Waals surface area contributed by atoms with Gasteiger partial charge in [0.25, 0.3) is 5.69 Å². The molecule has 30 heavy (non-hydrogen) atoms. The number of halogens is 1. The second kappa shape index (κ2) is 9.67. The molecular formula is C22H23BrN4O3. The van der Waals surface area contributed by atoms with E-state index in [0.29, 0.717) is 37.3 Å². The summed E-state index contributed by atoms with van der Waals surface area (Å²) in [5.74, 6) is 0.339. The summed E-state index contributed by atoms with van der Waals surface area (Å²) in [6.07, 6.45) is 3.60. The molecule has 0 spiro atoms. The fourth-order valence-corrected chi connectivity index (χ4v) is 3.69. The lowest BCUT2D eigenvalue weighted by Crippen LogP contribution is -2.35. The summed E-state index contributed by atoms with van der Waals surface area (Å²) in [5.41, 5.74) is 9.27. The van der Waals surface area contributed by atoms with E-state index in [0.717, 1.165) is 27.7 Å². The molecule has 0 saturated heterocycles. The van der Waals surface area contributed by atoms with E-state index in [4.69, 9.17) is 5.73 Å². The standard InChI is InChI=1S/C22H23BrN4O3/c1-2-10-26(11-9-15-3-7-19(8-4-15)27(29)30)22(28)17-12-16-5-6-18(23)14-20(16)25-21(24)13-17/h3-8,12,14H,2,9-11,13H2,1H3,(H2,24,25). The summed E-state index contributed by atoms with van der Waals surface area (Å²) in [4.78, 5) is 29.9. The zero-order valence-electron chi connectivity index (χ0n) is 16.7. The number of benzene rings is 2. The molecule has 0 saturated carbocycles. The van der Waals surface area contributed by atoms with Crippen molar-refractivity contribution in [2.24, 2.45) is 10.7 Å². The number of amidine groups is 1. The van der Waals surface area contributed by atoms with Crippen LogP contribution >= 0.6 is 15.9 Å². The molecule has 0 aromatic heterocycles. The van der Waals surface area contributed by atoms with E-state index in [1.807, 2.05) is 36.1 Å². The van der Waals surface area contributed by atoms with Crippen LogP contribution in [0.15, 0.2) is 57.5 Å². The highest BCUT2D eigenvalue weighted by Gasteiger charge is 2.21. The van der Waals surface area contributed by atoms with Gasteiger partial charge in [0.1, 0.15) is 5.84 Å². The van der Waals surface area contributed by atoms with Gasteiger partial charge in [0.05, 0.1) is 10.6 Å². The lowest BCUT2D eigenvalue weighted by Gasteiger charge is -2.23. The minimum Gasteiger partial charge on any atom is -0.387 e. The fraction of sp³-hybridized carbons (Fsp3) is 0.273. The van der Waals surface area contributed by atoms with Crippen LogP contribution in [0.2, 0.25) is 0 Å². The van der Waals surface area contributed by atoms with E-state index < -0.39 is 4.92 Å². The highest BCUT2D eigenvalue weighted by Crippen LogP contribution is 2.30. The number of nitrogens with zero attached hydrogens (tertiary/aromatic N) is 3. The Morgan fingerprint density at radius 1 is 1.23 bits per heavy atom. The third-order valence-corrected chi connectivity index (χ3v) is 5.32. The molecule has 1 amide bonds. The Balaban J connectivity index is 1.78. The average Bonchev–Trinajstić information content (AvgIpc) is 2.88. The van der Waals surface area contributed by atoms with E-state index in [1.165, 1.54) is 12.1 Å². The number of carbonyl (C=O) groups excluding carboxylic acids is 1. The van der Waals surface area contributed by atoms with Crippen LogP contribution in [0.5, 0.6) is 0 Å². The summed E-state index contributed by atoms with van der Waals surface area (Å²) >= 11 is 3.44. The summed E-state index contributed by atoms with van der Waals surface area (Å²) in [5, 5.41) is 10.8. The Labute approximate surface area is 183 Å². The number of aliphatic imine (C=N–C) groups is 1. The van der Waals surface area contributed by atoms with Gasteiger partial charge in [-0.25, -0.2) is 4.99 Å². The Hall–Kier alpha value is -3.00. The Morgan fingerprint density at radius 2 is 1.97 bits per heavy atom. The number of nitro benzene ring substituents is 1. The summed E-state index contributed by atoms with van der Waals surface area (Å²) in [6.45, 7) is 3.16. The van der Waals surface area contributed by atoms with Gasteiger partial charge in [-0.05, 0) is 36.6 Å². The number of nitrogens with two attached hydrogens (primary N) is 1. The molecule has 0 unspecified atom stereocenters. The number of amides is 1. The number of non-ortho nitro benzene ring substituents is 1. The van der Waals surface area contributed by atoms with Crippen molar-refractivity contribution in [1.82, 2.24) is 4.90 Å². The van der Waals surface area contributed by atoms with Crippen LogP contribution in [0.25, 0.3) is 6.08 Å². The normalized spacial score (nSPS) is 13.0. The predicted molar refractivity (Wildman–Crippen MR) is 122 cm³/mol. The van der Waals surface area contributed by atoms with Crippen molar-refractivity contribution in [3.63, 3.8) is 0 Å². The molecule has 7 nitrogen and oxygen atoms in total. The van der Waals surface area contributed by atoms with Gasteiger partial charge in [0, 0.05) is 47.3 Å². The van der Waals surface area contributed by atoms with Crippen LogP contribution < -0.4 is 5.73 Å². The molecule has 156 valence electrons. The fourth-order valence-electron chi connectivity index (χ4n) is 3.34. The molecule has 2 aromatic rings. The van der Waals surface area contributed by atoms with E-state index in [2.05, 4.69) is 20.9 Å². The van der Waals surface area contributed by atoms with Gasteiger partial charge in [0.2, 0.25) is 5.91 Å². The van der Waals surface area contributed by atoms with Gasteiger partial charge >= 0.3 is 0 Å². The van der Waals surface area contributed by atoms with Gasteiger partial charge in [-0.3, -0.25) is 14.9 Å². The van der Waals surface area contributed by atoms with Gasteiger partial charge < -0.3 is 10.6 Å². The highest BCUT2D eigenvalue weighted by molar-refractivity contribution is 9.10.